The Balaban J connectivity index is 1.32. The van der Waals surface area contributed by atoms with E-state index >= 15 is 0 Å². The molecule has 2 aromatic carbocycles. The van der Waals surface area contributed by atoms with E-state index in [1.165, 1.54) is 18.1 Å². The van der Waals surface area contributed by atoms with E-state index in [4.69, 9.17) is 23.2 Å². The molecule has 1 aliphatic heterocycles. The molecular formula is C26H20Cl2N8O3. The fourth-order valence-corrected chi connectivity index (χ4v) is 5.30. The normalized spacial score (nSPS) is 14.3. The summed E-state index contributed by atoms with van der Waals surface area (Å²) in [5.74, 6) is 0.656. The van der Waals surface area contributed by atoms with Gasteiger partial charge in [0.25, 0.3) is 5.56 Å². The molecule has 1 aliphatic rings. The molecule has 1 atom stereocenters. The molecule has 5 aromatic rings. The van der Waals surface area contributed by atoms with Crippen molar-refractivity contribution < 1.29 is 9.53 Å². The first kappa shape index (κ1) is 24.8. The lowest BCUT2D eigenvalue weighted by Gasteiger charge is -2.15. The number of halogens is 2. The number of aromatic amines is 1. The summed E-state index contributed by atoms with van der Waals surface area (Å²) in [5.41, 5.74) is 4.84. The molecule has 13 heteroatoms. The number of anilines is 1. The van der Waals surface area contributed by atoms with Crippen LogP contribution in [0.4, 0.5) is 10.5 Å². The van der Waals surface area contributed by atoms with Gasteiger partial charge in [-0.05, 0) is 71.3 Å². The number of methoxy groups -OCH3 is 1. The maximum absolute atomic E-state index is 13.4. The molecule has 0 fully saturated rings. The standard InChI is InChI=1S/C26H20Cl2N8O3/c1-39-26(38)31-16-3-5-18(20(28)11-16)21-12-29-25(32-21)23-7-4-17-8-14(9-24(37)36(17)23)19-10-15(27)2-6-22(19)35-13-30-33-34-35/h2-3,5-6,8-13,23H,4,7H2,1H3,(H,29,32)(H,31,38). The summed E-state index contributed by atoms with van der Waals surface area (Å²) in [6.45, 7) is 0. The van der Waals surface area contributed by atoms with Gasteiger partial charge < -0.3 is 14.3 Å². The number of nitrogens with one attached hydrogen (secondary N) is 2. The quantitative estimate of drug-likeness (QED) is 0.311. The van der Waals surface area contributed by atoms with Crippen LogP contribution in [0.1, 0.15) is 24.0 Å². The molecule has 0 radical (unpaired) electrons. The number of hydrogen-bond donors (Lipinski definition) is 2. The first-order valence-electron chi connectivity index (χ1n) is 11.9. The first-order valence-corrected chi connectivity index (χ1v) is 12.7. The molecule has 6 rings (SSSR count). The van der Waals surface area contributed by atoms with Gasteiger partial charge in [0.15, 0.2) is 0 Å². The highest BCUT2D eigenvalue weighted by atomic mass is 35.5. The zero-order chi connectivity index (χ0) is 27.1. The number of hydrogen-bond acceptors (Lipinski definition) is 7. The molecule has 0 saturated heterocycles. The third-order valence-corrected chi connectivity index (χ3v) is 7.15. The highest BCUT2D eigenvalue weighted by Crippen LogP contribution is 2.35. The summed E-state index contributed by atoms with van der Waals surface area (Å²) in [6, 6.07) is 13.8. The maximum Gasteiger partial charge on any atom is 0.411 e. The second kappa shape index (κ2) is 10.0. The predicted octanol–water partition coefficient (Wildman–Crippen LogP) is 4.90. The summed E-state index contributed by atoms with van der Waals surface area (Å²) < 4.78 is 7.91. The van der Waals surface area contributed by atoms with Crippen LogP contribution in [0.25, 0.3) is 28.1 Å². The van der Waals surface area contributed by atoms with Gasteiger partial charge in [0.2, 0.25) is 0 Å². The lowest BCUT2D eigenvalue weighted by Crippen LogP contribution is -2.23. The average Bonchev–Trinajstić information content (AvgIpc) is 3.69. The number of rotatable bonds is 5. The molecule has 196 valence electrons. The van der Waals surface area contributed by atoms with E-state index in [-0.39, 0.29) is 11.6 Å². The maximum atomic E-state index is 13.4. The van der Waals surface area contributed by atoms with E-state index < -0.39 is 6.09 Å². The molecule has 0 saturated carbocycles. The first-order chi connectivity index (χ1) is 18.9. The van der Waals surface area contributed by atoms with Crippen LogP contribution < -0.4 is 10.9 Å². The van der Waals surface area contributed by atoms with Crippen LogP contribution in [0, 0.1) is 0 Å². The van der Waals surface area contributed by atoms with Crippen molar-refractivity contribution in [2.75, 3.05) is 12.4 Å². The minimum Gasteiger partial charge on any atom is -0.453 e. The Hall–Kier alpha value is -4.48. The van der Waals surface area contributed by atoms with E-state index in [0.29, 0.717) is 51.3 Å². The number of ether oxygens (including phenoxy) is 1. The van der Waals surface area contributed by atoms with Gasteiger partial charge in [0, 0.05) is 33.6 Å². The molecule has 0 bridgehead atoms. The van der Waals surface area contributed by atoms with Crippen molar-refractivity contribution >= 4 is 35.0 Å². The van der Waals surface area contributed by atoms with Crippen LogP contribution in [-0.2, 0) is 11.2 Å². The highest BCUT2D eigenvalue weighted by molar-refractivity contribution is 6.33. The summed E-state index contributed by atoms with van der Waals surface area (Å²) in [7, 11) is 1.29. The van der Waals surface area contributed by atoms with Gasteiger partial charge in [0.1, 0.15) is 12.2 Å². The van der Waals surface area contributed by atoms with Crippen LogP contribution in [0.2, 0.25) is 10.0 Å². The Bertz CT molecular complexity index is 1760. The molecule has 3 aromatic heterocycles. The number of benzene rings is 2. The van der Waals surface area contributed by atoms with Crippen LogP contribution in [0.15, 0.2) is 65.8 Å². The van der Waals surface area contributed by atoms with Gasteiger partial charge in [-0.25, -0.2) is 9.78 Å². The van der Waals surface area contributed by atoms with Crippen LogP contribution in [-0.4, -0.2) is 47.9 Å². The molecule has 0 spiro atoms. The van der Waals surface area contributed by atoms with Gasteiger partial charge >= 0.3 is 6.09 Å². The molecule has 39 heavy (non-hydrogen) atoms. The SMILES string of the molecule is COC(=O)Nc1ccc(-c2cnc(C3CCc4cc(-c5cc(Cl)ccc5-n5cnnn5)cc(=O)n43)[nH]2)c(Cl)c1. The molecule has 1 amide bonds. The van der Waals surface area contributed by atoms with Crippen LogP contribution in [0.3, 0.4) is 0 Å². The Labute approximate surface area is 231 Å². The number of aromatic nitrogens is 7. The van der Waals surface area contributed by atoms with Crippen molar-refractivity contribution in [3.63, 3.8) is 0 Å². The summed E-state index contributed by atoms with van der Waals surface area (Å²) in [5, 5.41) is 15.0. The van der Waals surface area contributed by atoms with E-state index in [1.807, 2.05) is 12.1 Å². The monoisotopic (exact) mass is 562 g/mol. The number of imidazole rings is 1. The van der Waals surface area contributed by atoms with Crippen LogP contribution >= 0.6 is 23.2 Å². The van der Waals surface area contributed by atoms with E-state index in [9.17, 15) is 9.59 Å². The lowest BCUT2D eigenvalue weighted by molar-refractivity contribution is 0.187. The number of aryl methyl sites for hydroxylation is 1. The number of H-pyrrole nitrogens is 1. The number of carbonyl (C=O) groups excluding carboxylic acids is 1. The van der Waals surface area contributed by atoms with Crippen molar-refractivity contribution in [1.82, 2.24) is 34.7 Å². The zero-order valence-corrected chi connectivity index (χ0v) is 21.9. The number of tetrazole rings is 1. The van der Waals surface area contributed by atoms with E-state index in [2.05, 4.69) is 35.5 Å². The Morgan fingerprint density at radius 1 is 1.13 bits per heavy atom. The number of nitrogens with zero attached hydrogens (tertiary/aromatic N) is 6. The third-order valence-electron chi connectivity index (χ3n) is 6.60. The zero-order valence-electron chi connectivity index (χ0n) is 20.4. The number of carbonyl (C=O) groups is 1. The van der Waals surface area contributed by atoms with E-state index in [0.717, 1.165) is 16.8 Å². The summed E-state index contributed by atoms with van der Waals surface area (Å²) >= 11 is 12.8. The van der Waals surface area contributed by atoms with Crippen LogP contribution in [0.5, 0.6) is 0 Å². The van der Waals surface area contributed by atoms with E-state index in [1.54, 1.807) is 47.2 Å². The average molecular weight is 563 g/mol. The smallest absolute Gasteiger partial charge is 0.411 e. The molecule has 2 N–H and O–H groups in total. The number of amides is 1. The van der Waals surface area contributed by atoms with Crippen molar-refractivity contribution in [1.29, 1.82) is 0 Å². The predicted molar refractivity (Wildman–Crippen MR) is 145 cm³/mol. The number of fused-ring (bicyclic) bond motifs is 1. The minimum atomic E-state index is -0.585. The summed E-state index contributed by atoms with van der Waals surface area (Å²) in [4.78, 5) is 32.8. The van der Waals surface area contributed by atoms with Crippen molar-refractivity contribution in [2.45, 2.75) is 18.9 Å². The Morgan fingerprint density at radius 3 is 2.77 bits per heavy atom. The summed E-state index contributed by atoms with van der Waals surface area (Å²) in [6.07, 6.45) is 3.99. The van der Waals surface area contributed by atoms with Gasteiger partial charge in [-0.1, -0.05) is 23.2 Å². The van der Waals surface area contributed by atoms with Gasteiger partial charge in [-0.3, -0.25) is 10.1 Å². The van der Waals surface area contributed by atoms with Gasteiger partial charge in [0.05, 0.1) is 35.8 Å². The third kappa shape index (κ3) is 4.66. The lowest BCUT2D eigenvalue weighted by atomic mass is 10.0. The van der Waals surface area contributed by atoms with Crippen molar-refractivity contribution in [3.8, 4) is 28.1 Å². The van der Waals surface area contributed by atoms with Gasteiger partial charge in [-0.15, -0.1) is 5.10 Å². The fraction of sp³-hybridized carbons (Fsp3) is 0.154. The minimum absolute atomic E-state index is 0.151. The topological polar surface area (TPSA) is 133 Å². The Morgan fingerprint density at radius 2 is 2.00 bits per heavy atom. The molecular weight excluding hydrogens is 543 g/mol. The largest absolute Gasteiger partial charge is 0.453 e. The highest BCUT2D eigenvalue weighted by Gasteiger charge is 2.28. The Kier molecular flexibility index (Phi) is 6.37. The second-order valence-corrected chi connectivity index (χ2v) is 9.75. The molecule has 0 aliphatic carbocycles. The molecule has 1 unspecified atom stereocenters. The number of pyridine rings is 1. The van der Waals surface area contributed by atoms with Crippen molar-refractivity contribution in [2.24, 2.45) is 0 Å². The van der Waals surface area contributed by atoms with Gasteiger partial charge in [-0.2, -0.15) is 4.68 Å². The molecule has 4 heterocycles. The molecule has 11 nitrogen and oxygen atoms in total. The van der Waals surface area contributed by atoms with Crippen molar-refractivity contribution in [3.05, 3.63) is 93.0 Å². The fourth-order valence-electron chi connectivity index (χ4n) is 4.84. The second-order valence-electron chi connectivity index (χ2n) is 8.91.